The van der Waals surface area contributed by atoms with E-state index >= 15 is 0 Å². The Morgan fingerprint density at radius 2 is 1.89 bits per heavy atom. The van der Waals surface area contributed by atoms with Gasteiger partial charge in [-0.3, -0.25) is 4.79 Å². The zero-order valence-electron chi connectivity index (χ0n) is 11.1. The summed E-state index contributed by atoms with van der Waals surface area (Å²) in [6, 6.07) is 8.29. The molecule has 0 saturated heterocycles. The highest BCUT2D eigenvalue weighted by Crippen LogP contribution is 2.28. The fourth-order valence-electron chi connectivity index (χ4n) is 2.48. The van der Waals surface area contributed by atoms with Crippen molar-refractivity contribution in [3.05, 3.63) is 46.0 Å². The first-order chi connectivity index (χ1) is 9.13. The topological polar surface area (TPSA) is 42.0 Å². The number of hydrogen-bond donors (Lipinski definition) is 1. The number of amides is 1. The molecule has 1 N–H and O–H groups in total. The second-order valence-electron chi connectivity index (χ2n) is 5.02. The Kier molecular flexibility index (Phi) is 3.11. The zero-order valence-corrected chi connectivity index (χ0v) is 11.9. The summed E-state index contributed by atoms with van der Waals surface area (Å²) in [6.07, 6.45) is 1.68. The first-order valence-corrected chi connectivity index (χ1v) is 7.27. The minimum Gasteiger partial charge on any atom is -0.302 e. The van der Waals surface area contributed by atoms with Gasteiger partial charge in [-0.05, 0) is 37.8 Å². The molecule has 0 unspecified atom stereocenters. The fraction of sp³-hybridized carbons (Fsp3) is 0.333. The number of nitrogens with zero attached hydrogens (tertiary/aromatic N) is 1. The Balaban J connectivity index is 1.70. The van der Waals surface area contributed by atoms with E-state index in [-0.39, 0.29) is 11.8 Å². The summed E-state index contributed by atoms with van der Waals surface area (Å²) < 4.78 is 0. The molecule has 1 aliphatic rings. The highest BCUT2D eigenvalue weighted by Gasteiger charge is 2.27. The van der Waals surface area contributed by atoms with Crippen molar-refractivity contribution >= 4 is 22.4 Å². The molecule has 0 atom stereocenters. The van der Waals surface area contributed by atoms with Gasteiger partial charge in [0.2, 0.25) is 5.91 Å². The molecule has 98 valence electrons. The normalized spacial score (nSPS) is 14.4. The van der Waals surface area contributed by atoms with E-state index in [1.807, 2.05) is 26.0 Å². The molecule has 3 rings (SSSR count). The van der Waals surface area contributed by atoms with E-state index in [0.717, 1.165) is 28.5 Å². The lowest BCUT2D eigenvalue weighted by Gasteiger charge is -2.07. The van der Waals surface area contributed by atoms with Gasteiger partial charge in [0.15, 0.2) is 5.13 Å². The van der Waals surface area contributed by atoms with Crippen LogP contribution in [0.4, 0.5) is 5.13 Å². The molecule has 3 nitrogen and oxygen atoms in total. The Morgan fingerprint density at radius 3 is 2.42 bits per heavy atom. The molecule has 1 amide bonds. The lowest BCUT2D eigenvalue weighted by Crippen LogP contribution is -2.23. The lowest BCUT2D eigenvalue weighted by molar-refractivity contribution is -0.119. The number of anilines is 1. The molecular weight excluding hydrogens is 256 g/mol. The van der Waals surface area contributed by atoms with Gasteiger partial charge < -0.3 is 5.32 Å². The minimum atomic E-state index is 0.0434. The van der Waals surface area contributed by atoms with Gasteiger partial charge in [-0.15, -0.1) is 11.3 Å². The van der Waals surface area contributed by atoms with Crippen LogP contribution in [-0.2, 0) is 17.6 Å². The molecule has 0 radical (unpaired) electrons. The van der Waals surface area contributed by atoms with Gasteiger partial charge in [0, 0.05) is 10.8 Å². The largest absolute Gasteiger partial charge is 0.302 e. The van der Waals surface area contributed by atoms with Crippen LogP contribution in [0.3, 0.4) is 0 Å². The molecule has 4 heteroatoms. The van der Waals surface area contributed by atoms with Crippen LogP contribution in [0.15, 0.2) is 24.3 Å². The van der Waals surface area contributed by atoms with Crippen LogP contribution in [-0.4, -0.2) is 10.9 Å². The summed E-state index contributed by atoms with van der Waals surface area (Å²) in [5.41, 5.74) is 3.60. The van der Waals surface area contributed by atoms with Crippen molar-refractivity contribution in [1.82, 2.24) is 4.98 Å². The van der Waals surface area contributed by atoms with E-state index in [2.05, 4.69) is 22.4 Å². The smallest absolute Gasteiger partial charge is 0.229 e. The zero-order chi connectivity index (χ0) is 13.4. The van der Waals surface area contributed by atoms with Crippen molar-refractivity contribution in [3.8, 4) is 0 Å². The number of carbonyl (C=O) groups is 1. The third-order valence-electron chi connectivity index (χ3n) is 3.68. The van der Waals surface area contributed by atoms with Crippen molar-refractivity contribution in [3.63, 3.8) is 0 Å². The van der Waals surface area contributed by atoms with Crippen LogP contribution in [0.1, 0.15) is 21.7 Å². The van der Waals surface area contributed by atoms with Gasteiger partial charge in [-0.25, -0.2) is 4.98 Å². The second kappa shape index (κ2) is 4.78. The van der Waals surface area contributed by atoms with Gasteiger partial charge in [0.1, 0.15) is 0 Å². The van der Waals surface area contributed by atoms with Crippen LogP contribution < -0.4 is 5.32 Å². The fourth-order valence-corrected chi connectivity index (χ4v) is 3.30. The highest BCUT2D eigenvalue weighted by molar-refractivity contribution is 7.15. The lowest BCUT2D eigenvalue weighted by atomic mass is 10.1. The number of carbonyl (C=O) groups excluding carboxylic acids is 1. The molecule has 19 heavy (non-hydrogen) atoms. The third-order valence-corrected chi connectivity index (χ3v) is 4.67. The first kappa shape index (κ1) is 12.4. The predicted octanol–water partition coefficient (Wildman–Crippen LogP) is 3.11. The van der Waals surface area contributed by atoms with E-state index in [9.17, 15) is 4.79 Å². The standard InChI is InChI=1S/C15H16N2OS/c1-9-10(2)19-15(16-9)17-14(18)13-7-11-5-3-4-6-12(11)8-13/h3-6,13H,7-8H2,1-2H3,(H,16,17,18). The molecule has 0 spiro atoms. The maximum atomic E-state index is 12.3. The van der Waals surface area contributed by atoms with E-state index in [1.54, 1.807) is 11.3 Å². The van der Waals surface area contributed by atoms with Gasteiger partial charge in [-0.1, -0.05) is 24.3 Å². The first-order valence-electron chi connectivity index (χ1n) is 6.45. The predicted molar refractivity (Wildman–Crippen MR) is 77.6 cm³/mol. The molecule has 1 aliphatic carbocycles. The van der Waals surface area contributed by atoms with E-state index in [4.69, 9.17) is 0 Å². The van der Waals surface area contributed by atoms with Gasteiger partial charge in [0.25, 0.3) is 0 Å². The summed E-state index contributed by atoms with van der Waals surface area (Å²) in [5, 5.41) is 3.67. The molecule has 1 aromatic carbocycles. The van der Waals surface area contributed by atoms with Gasteiger partial charge >= 0.3 is 0 Å². The molecular formula is C15H16N2OS. The molecule has 0 saturated carbocycles. The number of benzene rings is 1. The van der Waals surface area contributed by atoms with Crippen molar-refractivity contribution < 1.29 is 4.79 Å². The quantitative estimate of drug-likeness (QED) is 0.912. The highest BCUT2D eigenvalue weighted by atomic mass is 32.1. The number of rotatable bonds is 2. The van der Waals surface area contributed by atoms with Gasteiger partial charge in [0.05, 0.1) is 5.69 Å². The molecule has 0 bridgehead atoms. The maximum Gasteiger partial charge on any atom is 0.229 e. The van der Waals surface area contributed by atoms with Crippen LogP contribution in [0.2, 0.25) is 0 Å². The average Bonchev–Trinajstić information content (AvgIpc) is 2.93. The number of aryl methyl sites for hydroxylation is 2. The molecule has 1 heterocycles. The number of thiazole rings is 1. The summed E-state index contributed by atoms with van der Waals surface area (Å²) in [4.78, 5) is 17.8. The average molecular weight is 272 g/mol. The molecule has 2 aromatic rings. The van der Waals surface area contributed by atoms with Gasteiger partial charge in [-0.2, -0.15) is 0 Å². The van der Waals surface area contributed by atoms with Crippen LogP contribution in [0, 0.1) is 19.8 Å². The number of nitrogens with one attached hydrogen (secondary N) is 1. The molecule has 0 aliphatic heterocycles. The van der Waals surface area contributed by atoms with Crippen molar-refractivity contribution in [2.24, 2.45) is 5.92 Å². The summed E-state index contributed by atoms with van der Waals surface area (Å²) in [7, 11) is 0. The second-order valence-corrected chi connectivity index (χ2v) is 6.23. The maximum absolute atomic E-state index is 12.3. The molecule has 1 aromatic heterocycles. The number of aromatic nitrogens is 1. The van der Waals surface area contributed by atoms with E-state index < -0.39 is 0 Å². The number of fused-ring (bicyclic) bond motifs is 1. The summed E-state index contributed by atoms with van der Waals surface area (Å²) >= 11 is 1.54. The monoisotopic (exact) mass is 272 g/mol. The van der Waals surface area contributed by atoms with E-state index in [1.165, 1.54) is 11.1 Å². The Morgan fingerprint density at radius 1 is 1.26 bits per heavy atom. The Hall–Kier alpha value is -1.68. The SMILES string of the molecule is Cc1nc(NC(=O)C2Cc3ccccc3C2)sc1C. The summed E-state index contributed by atoms with van der Waals surface area (Å²) in [5.74, 6) is 0.131. The Bertz CT molecular complexity index is 588. The molecule has 0 fully saturated rings. The number of hydrogen-bond acceptors (Lipinski definition) is 3. The van der Waals surface area contributed by atoms with Crippen LogP contribution in [0.25, 0.3) is 0 Å². The minimum absolute atomic E-state index is 0.0434. The van der Waals surface area contributed by atoms with Crippen LogP contribution in [0.5, 0.6) is 0 Å². The van der Waals surface area contributed by atoms with Crippen molar-refractivity contribution in [1.29, 1.82) is 0 Å². The summed E-state index contributed by atoms with van der Waals surface area (Å²) in [6.45, 7) is 3.99. The third kappa shape index (κ3) is 2.40. The van der Waals surface area contributed by atoms with Crippen LogP contribution >= 0.6 is 11.3 Å². The van der Waals surface area contributed by atoms with Crippen molar-refractivity contribution in [2.45, 2.75) is 26.7 Å². The van der Waals surface area contributed by atoms with E-state index in [0.29, 0.717) is 0 Å². The Labute approximate surface area is 116 Å². The van der Waals surface area contributed by atoms with Crippen molar-refractivity contribution in [2.75, 3.05) is 5.32 Å².